The van der Waals surface area contributed by atoms with Crippen molar-refractivity contribution < 1.29 is 14.4 Å². The van der Waals surface area contributed by atoms with Gasteiger partial charge in [-0.3, -0.25) is 19.3 Å². The van der Waals surface area contributed by atoms with Gasteiger partial charge in [-0.05, 0) is 29.2 Å². The smallest absolute Gasteiger partial charge is 0.244 e. The number of nitrogens with one attached hydrogen (secondary N) is 1. The van der Waals surface area contributed by atoms with E-state index in [1.807, 2.05) is 23.1 Å². The molecule has 174 valence electrons. The summed E-state index contributed by atoms with van der Waals surface area (Å²) in [5, 5.41) is 2.78. The highest BCUT2D eigenvalue weighted by molar-refractivity contribution is 6.10. The molecule has 0 radical (unpaired) electrons. The summed E-state index contributed by atoms with van der Waals surface area (Å²) in [7, 11) is 0. The van der Waals surface area contributed by atoms with Gasteiger partial charge in [0.25, 0.3) is 0 Å². The summed E-state index contributed by atoms with van der Waals surface area (Å²) in [4.78, 5) is 43.1. The SMILES string of the molecule is CC(C)c1ccc(CN2CCN(C(=O)CCC(=O)N3CC(=O)Nc4ccccc43)CC2)cc1. The third kappa shape index (κ3) is 5.60. The summed E-state index contributed by atoms with van der Waals surface area (Å²) in [6.07, 6.45) is 0.263. The van der Waals surface area contributed by atoms with E-state index in [1.165, 1.54) is 16.0 Å². The lowest BCUT2D eigenvalue weighted by atomic mass is 10.0. The van der Waals surface area contributed by atoms with Gasteiger partial charge in [0.1, 0.15) is 6.54 Å². The maximum Gasteiger partial charge on any atom is 0.244 e. The molecule has 7 nitrogen and oxygen atoms in total. The normalized spacial score (nSPS) is 16.5. The Morgan fingerprint density at radius 3 is 2.27 bits per heavy atom. The summed E-state index contributed by atoms with van der Waals surface area (Å²) >= 11 is 0. The number of benzene rings is 2. The van der Waals surface area contributed by atoms with Gasteiger partial charge < -0.3 is 15.1 Å². The number of fused-ring (bicyclic) bond motifs is 1. The highest BCUT2D eigenvalue weighted by Crippen LogP contribution is 2.29. The quantitative estimate of drug-likeness (QED) is 0.737. The Kier molecular flexibility index (Phi) is 7.08. The molecule has 4 rings (SSSR count). The molecule has 0 aromatic heterocycles. The van der Waals surface area contributed by atoms with E-state index in [0.717, 1.165) is 19.6 Å². The minimum atomic E-state index is -0.219. The molecular weight excluding hydrogens is 416 g/mol. The highest BCUT2D eigenvalue weighted by atomic mass is 16.2. The maximum atomic E-state index is 12.8. The first kappa shape index (κ1) is 23.0. The van der Waals surface area contributed by atoms with Crippen LogP contribution in [0.25, 0.3) is 0 Å². The third-order valence-electron chi connectivity index (χ3n) is 6.40. The third-order valence-corrected chi connectivity index (χ3v) is 6.40. The van der Waals surface area contributed by atoms with Crippen LogP contribution in [0.5, 0.6) is 0 Å². The van der Waals surface area contributed by atoms with Crippen molar-refractivity contribution in [2.24, 2.45) is 0 Å². The molecule has 2 aliphatic heterocycles. The Balaban J connectivity index is 1.24. The zero-order valence-electron chi connectivity index (χ0n) is 19.4. The zero-order valence-corrected chi connectivity index (χ0v) is 19.4. The molecule has 1 saturated heterocycles. The van der Waals surface area contributed by atoms with E-state index in [2.05, 4.69) is 48.3 Å². The monoisotopic (exact) mass is 448 g/mol. The Morgan fingerprint density at radius 1 is 0.909 bits per heavy atom. The summed E-state index contributed by atoms with van der Waals surface area (Å²) in [6.45, 7) is 8.26. The lowest BCUT2D eigenvalue weighted by molar-refractivity contribution is -0.134. The first-order valence-electron chi connectivity index (χ1n) is 11.7. The van der Waals surface area contributed by atoms with Crippen molar-refractivity contribution in [3.05, 3.63) is 59.7 Å². The van der Waals surface area contributed by atoms with Crippen molar-refractivity contribution in [3.8, 4) is 0 Å². The molecule has 7 heteroatoms. The molecule has 0 saturated carbocycles. The van der Waals surface area contributed by atoms with Crippen LogP contribution in [0.4, 0.5) is 11.4 Å². The predicted octanol–water partition coefficient (Wildman–Crippen LogP) is 3.22. The van der Waals surface area contributed by atoms with Crippen LogP contribution in [-0.2, 0) is 20.9 Å². The van der Waals surface area contributed by atoms with E-state index in [4.69, 9.17) is 0 Å². The van der Waals surface area contributed by atoms with Gasteiger partial charge in [-0.15, -0.1) is 0 Å². The number of anilines is 2. The number of piperazine rings is 1. The zero-order chi connectivity index (χ0) is 23.4. The first-order chi connectivity index (χ1) is 15.9. The number of carbonyl (C=O) groups is 3. The average Bonchev–Trinajstić information content (AvgIpc) is 2.82. The van der Waals surface area contributed by atoms with Crippen LogP contribution >= 0.6 is 0 Å². The van der Waals surface area contributed by atoms with Gasteiger partial charge in [-0.25, -0.2) is 0 Å². The number of carbonyl (C=O) groups excluding carboxylic acids is 3. The topological polar surface area (TPSA) is 73.0 Å². The Bertz CT molecular complexity index is 1010. The van der Waals surface area contributed by atoms with Gasteiger partial charge in [0, 0.05) is 45.6 Å². The molecular formula is C26H32N4O3. The van der Waals surface area contributed by atoms with Crippen LogP contribution in [-0.4, -0.2) is 60.2 Å². The van der Waals surface area contributed by atoms with E-state index in [0.29, 0.717) is 30.4 Å². The Hall–Kier alpha value is -3.19. The van der Waals surface area contributed by atoms with Crippen molar-refractivity contribution in [1.29, 1.82) is 0 Å². The van der Waals surface area contributed by atoms with Crippen LogP contribution in [0.3, 0.4) is 0 Å². The van der Waals surface area contributed by atoms with Crippen LogP contribution in [0, 0.1) is 0 Å². The molecule has 0 unspecified atom stereocenters. The van der Waals surface area contributed by atoms with Gasteiger partial charge in [0.15, 0.2) is 0 Å². The molecule has 2 aromatic carbocycles. The second kappa shape index (κ2) is 10.2. The summed E-state index contributed by atoms with van der Waals surface area (Å²) in [5.74, 6) is 0.110. The number of hydrogen-bond acceptors (Lipinski definition) is 4. The van der Waals surface area contributed by atoms with Crippen molar-refractivity contribution in [3.63, 3.8) is 0 Å². The minimum absolute atomic E-state index is 0.000896. The lowest BCUT2D eigenvalue weighted by Crippen LogP contribution is -2.48. The largest absolute Gasteiger partial charge is 0.340 e. The first-order valence-corrected chi connectivity index (χ1v) is 11.7. The Labute approximate surface area is 195 Å². The molecule has 3 amide bonds. The van der Waals surface area contributed by atoms with Crippen molar-refractivity contribution in [2.75, 3.05) is 42.9 Å². The van der Waals surface area contributed by atoms with Gasteiger partial charge in [0.2, 0.25) is 17.7 Å². The lowest BCUT2D eigenvalue weighted by Gasteiger charge is -2.35. The molecule has 0 spiro atoms. The highest BCUT2D eigenvalue weighted by Gasteiger charge is 2.28. The molecule has 0 atom stereocenters. The van der Waals surface area contributed by atoms with Gasteiger partial charge in [-0.2, -0.15) is 0 Å². The number of hydrogen-bond donors (Lipinski definition) is 1. The van der Waals surface area contributed by atoms with E-state index in [-0.39, 0.29) is 37.1 Å². The van der Waals surface area contributed by atoms with Gasteiger partial charge in [-0.1, -0.05) is 50.2 Å². The molecule has 2 aliphatic rings. The Morgan fingerprint density at radius 2 is 1.58 bits per heavy atom. The maximum absolute atomic E-state index is 12.8. The van der Waals surface area contributed by atoms with E-state index in [1.54, 1.807) is 6.07 Å². The fourth-order valence-electron chi connectivity index (χ4n) is 4.38. The standard InChI is InChI=1S/C26H32N4O3/c1-19(2)21-9-7-20(8-10-21)17-28-13-15-29(16-14-28)25(32)11-12-26(33)30-18-24(31)27-22-5-3-4-6-23(22)30/h3-10,19H,11-18H2,1-2H3,(H,27,31). The molecule has 0 aliphatic carbocycles. The van der Waals surface area contributed by atoms with Gasteiger partial charge in [0.05, 0.1) is 11.4 Å². The van der Waals surface area contributed by atoms with E-state index >= 15 is 0 Å². The number of amides is 3. The summed E-state index contributed by atoms with van der Waals surface area (Å²) in [5.41, 5.74) is 3.95. The van der Waals surface area contributed by atoms with Gasteiger partial charge >= 0.3 is 0 Å². The van der Waals surface area contributed by atoms with Crippen LogP contribution < -0.4 is 10.2 Å². The second-order valence-corrected chi connectivity index (χ2v) is 9.10. The number of para-hydroxylation sites is 2. The van der Waals surface area contributed by atoms with Crippen LogP contribution in [0.15, 0.2) is 48.5 Å². The van der Waals surface area contributed by atoms with Crippen LogP contribution in [0.1, 0.15) is 43.7 Å². The minimum Gasteiger partial charge on any atom is -0.340 e. The molecule has 1 N–H and O–H groups in total. The molecule has 2 heterocycles. The fourth-order valence-corrected chi connectivity index (χ4v) is 4.38. The van der Waals surface area contributed by atoms with Crippen LogP contribution in [0.2, 0.25) is 0 Å². The number of nitrogens with zero attached hydrogens (tertiary/aromatic N) is 3. The summed E-state index contributed by atoms with van der Waals surface area (Å²) < 4.78 is 0. The van der Waals surface area contributed by atoms with Crippen molar-refractivity contribution >= 4 is 29.1 Å². The number of rotatable bonds is 6. The fraction of sp³-hybridized carbons (Fsp3) is 0.423. The van der Waals surface area contributed by atoms with E-state index < -0.39 is 0 Å². The van der Waals surface area contributed by atoms with Crippen molar-refractivity contribution in [2.45, 2.75) is 39.2 Å². The molecule has 0 bridgehead atoms. The molecule has 1 fully saturated rings. The van der Waals surface area contributed by atoms with Crippen molar-refractivity contribution in [1.82, 2.24) is 9.80 Å². The molecule has 2 aromatic rings. The summed E-state index contributed by atoms with van der Waals surface area (Å²) in [6, 6.07) is 16.0. The van der Waals surface area contributed by atoms with E-state index in [9.17, 15) is 14.4 Å². The predicted molar refractivity (Wildman–Crippen MR) is 129 cm³/mol. The second-order valence-electron chi connectivity index (χ2n) is 9.10. The average molecular weight is 449 g/mol. The molecule has 33 heavy (non-hydrogen) atoms.